The molecule has 0 aromatic carbocycles. The third-order valence-electron chi connectivity index (χ3n) is 6.09. The highest BCUT2D eigenvalue weighted by molar-refractivity contribution is 7.99. The van der Waals surface area contributed by atoms with Crippen molar-refractivity contribution in [3.8, 4) is 0 Å². The van der Waals surface area contributed by atoms with Crippen molar-refractivity contribution in [2.45, 2.75) is 44.3 Å². The molecule has 0 bridgehead atoms. The molecule has 1 saturated carbocycles. The van der Waals surface area contributed by atoms with Gasteiger partial charge in [0.1, 0.15) is 5.82 Å². The smallest absolute Gasteiger partial charge is 0.224 e. The van der Waals surface area contributed by atoms with Crippen molar-refractivity contribution in [2.75, 3.05) is 31.1 Å². The molecule has 2 saturated heterocycles. The summed E-state index contributed by atoms with van der Waals surface area (Å²) in [6.07, 6.45) is 7.95. The minimum absolute atomic E-state index is 0.295. The summed E-state index contributed by atoms with van der Waals surface area (Å²) in [5.41, 5.74) is 0.362. The maximum absolute atomic E-state index is 13.2. The summed E-state index contributed by atoms with van der Waals surface area (Å²) in [5.74, 6) is 3.47. The normalized spacial score (nSPS) is 28.0. The molecule has 3 aliphatic rings. The molecule has 1 aromatic heterocycles. The number of amides is 1. The van der Waals surface area contributed by atoms with Gasteiger partial charge in [-0.25, -0.2) is 4.98 Å². The van der Waals surface area contributed by atoms with Crippen LogP contribution in [-0.2, 0) is 18.4 Å². The molecular weight excluding hydrogens is 334 g/mol. The van der Waals surface area contributed by atoms with Crippen LogP contribution in [0.15, 0.2) is 12.4 Å². The molecule has 3 fully saturated rings. The van der Waals surface area contributed by atoms with Gasteiger partial charge in [-0.3, -0.25) is 4.79 Å². The number of nitrogens with one attached hydrogen (secondary N) is 2. The van der Waals surface area contributed by atoms with Gasteiger partial charge in [-0.1, -0.05) is 0 Å². The van der Waals surface area contributed by atoms with Crippen LogP contribution in [-0.4, -0.2) is 63.6 Å². The molecule has 1 aliphatic carbocycles. The van der Waals surface area contributed by atoms with Crippen molar-refractivity contribution in [3.63, 3.8) is 0 Å². The lowest BCUT2D eigenvalue weighted by Crippen LogP contribution is -2.44. The lowest BCUT2D eigenvalue weighted by Gasteiger charge is -2.31. The van der Waals surface area contributed by atoms with E-state index in [9.17, 15) is 4.79 Å². The van der Waals surface area contributed by atoms with Crippen LogP contribution in [0.4, 0.5) is 0 Å². The molecule has 2 unspecified atom stereocenters. The lowest BCUT2D eigenvalue weighted by atomic mass is 9.93. The maximum atomic E-state index is 13.2. The van der Waals surface area contributed by atoms with Crippen LogP contribution in [0.5, 0.6) is 0 Å². The Hall–Kier alpha value is -1.05. The van der Waals surface area contributed by atoms with Gasteiger partial charge >= 0.3 is 0 Å². The summed E-state index contributed by atoms with van der Waals surface area (Å²) >= 11 is 1.95. The number of hydrogen-bond donors (Lipinski definition) is 2. The first-order chi connectivity index (χ1) is 12.2. The first-order valence-electron chi connectivity index (χ1n) is 9.45. The van der Waals surface area contributed by atoms with Gasteiger partial charge in [0.15, 0.2) is 0 Å². The number of imidazole rings is 1. The summed E-state index contributed by atoms with van der Waals surface area (Å²) < 4.78 is 2.03. The SMILES string of the molecule is Cn1ccnc1CN(C(=O)CC1CSCCN1)C1CC12CCNCC2. The van der Waals surface area contributed by atoms with Gasteiger partial charge in [0.05, 0.1) is 6.54 Å². The highest BCUT2D eigenvalue weighted by Gasteiger charge is 2.57. The molecule has 25 heavy (non-hydrogen) atoms. The highest BCUT2D eigenvalue weighted by atomic mass is 32.2. The molecule has 1 aromatic rings. The number of carbonyl (C=O) groups is 1. The van der Waals surface area contributed by atoms with E-state index >= 15 is 0 Å². The van der Waals surface area contributed by atoms with E-state index in [-0.39, 0.29) is 0 Å². The maximum Gasteiger partial charge on any atom is 0.224 e. The van der Waals surface area contributed by atoms with Gasteiger partial charge in [-0.05, 0) is 37.8 Å². The van der Waals surface area contributed by atoms with E-state index in [0.29, 0.717) is 36.4 Å². The molecule has 3 heterocycles. The molecule has 138 valence electrons. The Morgan fingerprint density at radius 1 is 1.44 bits per heavy atom. The molecule has 6 nitrogen and oxygen atoms in total. The quantitative estimate of drug-likeness (QED) is 0.817. The standard InChI is InChI=1S/C18H29N5OS/c1-22-8-6-21-16(22)12-23(15-11-18(15)2-4-19-5-3-18)17(24)10-14-13-25-9-7-20-14/h6,8,14-15,19-20H,2-5,7,9-13H2,1H3. The van der Waals surface area contributed by atoms with Gasteiger partial charge in [0.25, 0.3) is 0 Å². The Labute approximate surface area is 154 Å². The summed E-state index contributed by atoms with van der Waals surface area (Å²) in [7, 11) is 2.01. The minimum Gasteiger partial charge on any atom is -0.337 e. The zero-order valence-electron chi connectivity index (χ0n) is 15.0. The number of aryl methyl sites for hydroxylation is 1. The Morgan fingerprint density at radius 3 is 2.96 bits per heavy atom. The minimum atomic E-state index is 0.295. The second kappa shape index (κ2) is 7.29. The van der Waals surface area contributed by atoms with Crippen molar-refractivity contribution < 1.29 is 4.79 Å². The third-order valence-corrected chi connectivity index (χ3v) is 7.23. The van der Waals surface area contributed by atoms with Crippen molar-refractivity contribution in [3.05, 3.63) is 18.2 Å². The largest absolute Gasteiger partial charge is 0.337 e. The van der Waals surface area contributed by atoms with E-state index in [1.54, 1.807) is 0 Å². The van der Waals surface area contributed by atoms with E-state index in [1.807, 2.05) is 35.8 Å². The topological polar surface area (TPSA) is 62.2 Å². The zero-order chi connectivity index (χ0) is 17.3. The molecule has 1 amide bonds. The molecule has 2 aliphatic heterocycles. The Balaban J connectivity index is 1.47. The van der Waals surface area contributed by atoms with Crippen LogP contribution in [0, 0.1) is 5.41 Å². The van der Waals surface area contributed by atoms with E-state index in [0.717, 1.165) is 43.4 Å². The number of piperidine rings is 1. The molecular formula is C18H29N5OS. The van der Waals surface area contributed by atoms with Crippen molar-refractivity contribution >= 4 is 17.7 Å². The van der Waals surface area contributed by atoms with E-state index in [4.69, 9.17) is 0 Å². The number of aromatic nitrogens is 2. The van der Waals surface area contributed by atoms with Crippen LogP contribution in [0.3, 0.4) is 0 Å². The lowest BCUT2D eigenvalue weighted by molar-refractivity contribution is -0.133. The van der Waals surface area contributed by atoms with Crippen molar-refractivity contribution in [1.82, 2.24) is 25.1 Å². The van der Waals surface area contributed by atoms with Crippen molar-refractivity contribution in [1.29, 1.82) is 0 Å². The van der Waals surface area contributed by atoms with Crippen LogP contribution >= 0.6 is 11.8 Å². The average molecular weight is 364 g/mol. The zero-order valence-corrected chi connectivity index (χ0v) is 15.9. The number of rotatable bonds is 5. The van der Waals surface area contributed by atoms with E-state index in [1.165, 1.54) is 12.8 Å². The fourth-order valence-corrected chi connectivity index (χ4v) is 5.33. The van der Waals surface area contributed by atoms with Crippen LogP contribution < -0.4 is 10.6 Å². The second-order valence-corrected chi connectivity index (χ2v) is 8.89. The molecule has 4 rings (SSSR count). The number of thioether (sulfide) groups is 1. The van der Waals surface area contributed by atoms with Crippen LogP contribution in [0.2, 0.25) is 0 Å². The molecule has 7 heteroatoms. The summed E-state index contributed by atoms with van der Waals surface area (Å²) in [6.45, 7) is 3.83. The molecule has 2 atom stereocenters. The van der Waals surface area contributed by atoms with Crippen molar-refractivity contribution in [2.24, 2.45) is 12.5 Å². The van der Waals surface area contributed by atoms with E-state index < -0.39 is 0 Å². The van der Waals surface area contributed by atoms with Gasteiger partial charge in [-0.15, -0.1) is 0 Å². The van der Waals surface area contributed by atoms with Gasteiger partial charge < -0.3 is 20.1 Å². The predicted octanol–water partition coefficient (Wildman–Crippen LogP) is 0.986. The Kier molecular flexibility index (Phi) is 5.06. The monoisotopic (exact) mass is 363 g/mol. The molecule has 0 radical (unpaired) electrons. The molecule has 1 spiro atoms. The van der Waals surface area contributed by atoms with Gasteiger partial charge in [0, 0.05) is 56.0 Å². The van der Waals surface area contributed by atoms with E-state index in [2.05, 4.69) is 20.5 Å². The first kappa shape index (κ1) is 17.4. The van der Waals surface area contributed by atoms with Crippen LogP contribution in [0.25, 0.3) is 0 Å². The third kappa shape index (κ3) is 3.73. The van der Waals surface area contributed by atoms with Gasteiger partial charge in [-0.2, -0.15) is 11.8 Å². The first-order valence-corrected chi connectivity index (χ1v) is 10.6. The Bertz CT molecular complexity index is 606. The number of nitrogens with zero attached hydrogens (tertiary/aromatic N) is 3. The predicted molar refractivity (Wildman–Crippen MR) is 100 cm³/mol. The number of carbonyl (C=O) groups excluding carboxylic acids is 1. The fourth-order valence-electron chi connectivity index (χ4n) is 4.38. The second-order valence-electron chi connectivity index (χ2n) is 7.74. The number of hydrogen-bond acceptors (Lipinski definition) is 5. The fraction of sp³-hybridized carbons (Fsp3) is 0.778. The summed E-state index contributed by atoms with van der Waals surface area (Å²) in [5, 5.41) is 6.96. The highest BCUT2D eigenvalue weighted by Crippen LogP contribution is 2.56. The summed E-state index contributed by atoms with van der Waals surface area (Å²) in [4.78, 5) is 19.8. The Morgan fingerprint density at radius 2 is 2.28 bits per heavy atom. The van der Waals surface area contributed by atoms with Gasteiger partial charge in [0.2, 0.25) is 5.91 Å². The van der Waals surface area contributed by atoms with Crippen LogP contribution in [0.1, 0.15) is 31.5 Å². The summed E-state index contributed by atoms with van der Waals surface area (Å²) in [6, 6.07) is 0.716. The average Bonchev–Trinajstić information content (AvgIpc) is 3.14. The molecule has 2 N–H and O–H groups in total.